The highest BCUT2D eigenvalue weighted by atomic mass is 35.5. The monoisotopic (exact) mass is 454 g/mol. The summed E-state index contributed by atoms with van der Waals surface area (Å²) < 4.78 is 5.93. The molecular formula is C24H20Cl2N2O3. The Morgan fingerprint density at radius 2 is 1.65 bits per heavy atom. The number of ether oxygens (including phenoxy) is 1. The minimum atomic E-state index is -0.286. The van der Waals surface area contributed by atoms with Crippen LogP contribution in [-0.2, 0) is 16.2 Å². The van der Waals surface area contributed by atoms with E-state index < -0.39 is 0 Å². The lowest BCUT2D eigenvalue weighted by Gasteiger charge is -2.37. The molecule has 158 valence electrons. The fraction of sp³-hybridized carbons (Fsp3) is 0.292. The molecule has 0 spiro atoms. The van der Waals surface area contributed by atoms with Gasteiger partial charge in [0.1, 0.15) is 12.4 Å². The van der Waals surface area contributed by atoms with Crippen molar-refractivity contribution < 1.29 is 14.3 Å². The Morgan fingerprint density at radius 3 is 2.29 bits per heavy atom. The van der Waals surface area contributed by atoms with E-state index in [1.54, 1.807) is 24.3 Å². The molecule has 2 fully saturated rings. The van der Waals surface area contributed by atoms with E-state index in [0.29, 0.717) is 28.0 Å². The fourth-order valence-corrected chi connectivity index (χ4v) is 5.23. The van der Waals surface area contributed by atoms with Crippen molar-refractivity contribution >= 4 is 41.2 Å². The highest BCUT2D eigenvalue weighted by molar-refractivity contribution is 6.31. The van der Waals surface area contributed by atoms with Crippen LogP contribution >= 0.6 is 23.2 Å². The molecule has 0 radical (unpaired) electrons. The van der Waals surface area contributed by atoms with Crippen LogP contribution in [0.1, 0.15) is 24.0 Å². The molecule has 0 unspecified atom stereocenters. The highest BCUT2D eigenvalue weighted by Gasteiger charge is 2.56. The van der Waals surface area contributed by atoms with Gasteiger partial charge in [-0.3, -0.25) is 9.59 Å². The predicted molar refractivity (Wildman–Crippen MR) is 119 cm³/mol. The largest absolute Gasteiger partial charge is 0.488 e. The van der Waals surface area contributed by atoms with E-state index in [1.165, 1.54) is 6.21 Å². The number of imide groups is 1. The lowest BCUT2D eigenvalue weighted by Crippen LogP contribution is -2.38. The number of fused-ring (bicyclic) bond motifs is 1. The summed E-state index contributed by atoms with van der Waals surface area (Å²) >= 11 is 12.2. The van der Waals surface area contributed by atoms with Crippen molar-refractivity contribution in [1.29, 1.82) is 0 Å². The van der Waals surface area contributed by atoms with Crippen LogP contribution < -0.4 is 4.74 Å². The molecule has 0 N–H and O–H groups in total. The third kappa shape index (κ3) is 3.77. The van der Waals surface area contributed by atoms with Gasteiger partial charge in [0.2, 0.25) is 0 Å². The lowest BCUT2D eigenvalue weighted by atomic mass is 9.63. The zero-order valence-electron chi connectivity index (χ0n) is 16.6. The van der Waals surface area contributed by atoms with Crippen LogP contribution in [0.15, 0.2) is 59.7 Å². The molecule has 1 aliphatic heterocycles. The molecule has 5 nitrogen and oxygen atoms in total. The van der Waals surface area contributed by atoms with Gasteiger partial charge in [-0.2, -0.15) is 10.1 Å². The number of benzene rings is 2. The molecule has 1 saturated heterocycles. The number of amides is 2. The van der Waals surface area contributed by atoms with Crippen molar-refractivity contribution in [1.82, 2.24) is 5.01 Å². The van der Waals surface area contributed by atoms with Crippen molar-refractivity contribution in [2.75, 3.05) is 0 Å². The van der Waals surface area contributed by atoms with Gasteiger partial charge in [0.15, 0.2) is 0 Å². The fourth-order valence-electron chi connectivity index (χ4n) is 4.83. The van der Waals surface area contributed by atoms with Crippen LogP contribution in [0.3, 0.4) is 0 Å². The Bertz CT molecular complexity index is 1080. The summed E-state index contributed by atoms with van der Waals surface area (Å²) in [7, 11) is 0. The van der Waals surface area contributed by atoms with E-state index >= 15 is 0 Å². The maximum absolute atomic E-state index is 12.9. The maximum atomic E-state index is 12.9. The molecule has 2 aromatic rings. The normalized spacial score (nSPS) is 26.7. The third-order valence-electron chi connectivity index (χ3n) is 6.30. The van der Waals surface area contributed by atoms with Gasteiger partial charge in [0, 0.05) is 15.6 Å². The van der Waals surface area contributed by atoms with Gasteiger partial charge in [0.25, 0.3) is 11.8 Å². The summed E-state index contributed by atoms with van der Waals surface area (Å²) in [6.45, 7) is 0.309. The Balaban J connectivity index is 1.37. The first-order valence-corrected chi connectivity index (χ1v) is 11.0. The smallest absolute Gasteiger partial charge is 0.254 e. The SMILES string of the molecule is O=C1[C@@H]2[C@H](C(=O)N1/N=C\c1cc(Cl)ccc1OCc1cccc(Cl)c1)[C@H]1C=C[C@H]2CC1. The van der Waals surface area contributed by atoms with Crippen molar-refractivity contribution in [3.8, 4) is 5.75 Å². The second-order valence-electron chi connectivity index (χ2n) is 8.18. The average molecular weight is 455 g/mol. The second-order valence-corrected chi connectivity index (χ2v) is 9.05. The molecule has 1 heterocycles. The number of carbonyl (C=O) groups is 2. The van der Waals surface area contributed by atoms with Crippen molar-refractivity contribution in [3.05, 3.63) is 75.8 Å². The summed E-state index contributed by atoms with van der Waals surface area (Å²) in [5.74, 6) is -0.185. The summed E-state index contributed by atoms with van der Waals surface area (Å²) in [4.78, 5) is 25.9. The molecule has 0 aromatic heterocycles. The molecule has 2 bridgehead atoms. The van der Waals surface area contributed by atoms with Gasteiger partial charge >= 0.3 is 0 Å². The number of nitrogens with zero attached hydrogens (tertiary/aromatic N) is 2. The van der Waals surface area contributed by atoms with E-state index in [-0.39, 0.29) is 35.5 Å². The molecule has 6 rings (SSSR count). The first kappa shape index (κ1) is 20.3. The zero-order chi connectivity index (χ0) is 21.5. The van der Waals surface area contributed by atoms with Gasteiger partial charge in [-0.05, 0) is 60.6 Å². The molecular weight excluding hydrogens is 435 g/mol. The summed E-state index contributed by atoms with van der Waals surface area (Å²) in [6.07, 6.45) is 7.56. The van der Waals surface area contributed by atoms with Crippen LogP contribution in [0, 0.1) is 23.7 Å². The van der Waals surface area contributed by atoms with Crippen LogP contribution in [0.5, 0.6) is 5.75 Å². The van der Waals surface area contributed by atoms with E-state index in [2.05, 4.69) is 17.3 Å². The topological polar surface area (TPSA) is 59.0 Å². The van der Waals surface area contributed by atoms with Crippen LogP contribution in [0.2, 0.25) is 10.0 Å². The number of halogens is 2. The molecule has 4 atom stereocenters. The first-order chi connectivity index (χ1) is 15.0. The van der Waals surface area contributed by atoms with Crippen molar-refractivity contribution in [2.24, 2.45) is 28.8 Å². The number of allylic oxidation sites excluding steroid dienone is 2. The molecule has 3 aliphatic carbocycles. The summed E-state index contributed by atoms with van der Waals surface area (Å²) in [5, 5.41) is 6.45. The van der Waals surface area contributed by atoms with E-state index in [9.17, 15) is 9.59 Å². The molecule has 2 aromatic carbocycles. The highest BCUT2D eigenvalue weighted by Crippen LogP contribution is 2.49. The van der Waals surface area contributed by atoms with Gasteiger partial charge in [-0.15, -0.1) is 0 Å². The van der Waals surface area contributed by atoms with Crippen LogP contribution in [0.4, 0.5) is 0 Å². The van der Waals surface area contributed by atoms with Crippen LogP contribution in [0.25, 0.3) is 0 Å². The predicted octanol–water partition coefficient (Wildman–Crippen LogP) is 5.10. The number of hydrazone groups is 1. The number of rotatable bonds is 5. The molecule has 2 amide bonds. The van der Waals surface area contributed by atoms with Gasteiger partial charge < -0.3 is 4.74 Å². The molecule has 4 aliphatic rings. The van der Waals surface area contributed by atoms with Crippen molar-refractivity contribution in [3.63, 3.8) is 0 Å². The number of hydrogen-bond acceptors (Lipinski definition) is 4. The Hall–Kier alpha value is -2.63. The van der Waals surface area contributed by atoms with E-state index in [1.807, 2.05) is 18.2 Å². The Kier molecular flexibility index (Phi) is 5.32. The van der Waals surface area contributed by atoms with Gasteiger partial charge in [-0.25, -0.2) is 0 Å². The number of carbonyl (C=O) groups excluding carboxylic acids is 2. The van der Waals surface area contributed by atoms with E-state index in [4.69, 9.17) is 27.9 Å². The average Bonchev–Trinajstić information content (AvgIpc) is 3.04. The van der Waals surface area contributed by atoms with Gasteiger partial charge in [-0.1, -0.05) is 47.5 Å². The first-order valence-electron chi connectivity index (χ1n) is 10.3. The van der Waals surface area contributed by atoms with Crippen molar-refractivity contribution in [2.45, 2.75) is 19.4 Å². The maximum Gasteiger partial charge on any atom is 0.254 e. The second kappa shape index (κ2) is 8.13. The van der Waals surface area contributed by atoms with E-state index in [0.717, 1.165) is 23.4 Å². The third-order valence-corrected chi connectivity index (χ3v) is 6.77. The molecule has 7 heteroatoms. The minimum absolute atomic E-state index is 0.134. The number of hydrogen-bond donors (Lipinski definition) is 0. The molecule has 1 saturated carbocycles. The van der Waals surface area contributed by atoms with Crippen LogP contribution in [-0.4, -0.2) is 23.0 Å². The Labute approximate surface area is 190 Å². The quantitative estimate of drug-likeness (QED) is 0.358. The Morgan fingerprint density at radius 1 is 0.968 bits per heavy atom. The lowest BCUT2D eigenvalue weighted by molar-refractivity contribution is -0.140. The zero-order valence-corrected chi connectivity index (χ0v) is 18.1. The minimum Gasteiger partial charge on any atom is -0.488 e. The molecule has 31 heavy (non-hydrogen) atoms. The summed E-state index contributed by atoms with van der Waals surface area (Å²) in [5.41, 5.74) is 1.51. The standard InChI is InChI=1S/C24H20Cl2N2O3/c25-18-3-1-2-14(10-18)13-31-20-9-8-19(26)11-17(20)12-27-28-23(29)21-15-4-5-16(7-6-15)22(21)24(28)30/h1-5,8-12,15-16,21-22H,6-7,13H2/b27-12-/t15-,16-,21-,22+/m0/s1. The van der Waals surface area contributed by atoms with Gasteiger partial charge in [0.05, 0.1) is 18.1 Å². The summed E-state index contributed by atoms with van der Waals surface area (Å²) in [6, 6.07) is 12.6.